The molecule has 3 rings (SSSR count). The highest BCUT2D eigenvalue weighted by Crippen LogP contribution is 2.45. The molecule has 1 aromatic carbocycles. The van der Waals surface area contributed by atoms with E-state index in [1.165, 1.54) is 11.7 Å². The highest BCUT2D eigenvalue weighted by Gasteiger charge is 2.54. The van der Waals surface area contributed by atoms with Gasteiger partial charge in [0.05, 0.1) is 12.6 Å². The number of carbonyl (C=O) groups excluding carboxylic acids is 3. The molecule has 1 saturated carbocycles. The van der Waals surface area contributed by atoms with Crippen LogP contribution in [0.15, 0.2) is 30.5 Å². The predicted octanol–water partition coefficient (Wildman–Crippen LogP) is 5.98. The molecule has 0 bridgehead atoms. The Kier molecular flexibility index (Phi) is 7.14. The summed E-state index contributed by atoms with van der Waals surface area (Å²) in [5, 5.41) is 0.637. The van der Waals surface area contributed by atoms with Crippen LogP contribution in [0, 0.1) is 0 Å². The first-order valence-corrected chi connectivity index (χ1v) is 15.1. The zero-order chi connectivity index (χ0) is 26.4. The number of aromatic nitrogens is 1. The minimum absolute atomic E-state index is 0.00691. The Labute approximate surface area is 209 Å². The Balaban J connectivity index is 2.12. The van der Waals surface area contributed by atoms with Gasteiger partial charge >= 0.3 is 12.1 Å². The number of Topliss-reactive ketones (excluding diaryl/α,β-unsaturated/α-hetero) is 1. The number of benzene rings is 1. The Morgan fingerprint density at radius 3 is 2.31 bits per heavy atom. The molecule has 7 nitrogen and oxygen atoms in total. The molecule has 192 valence electrons. The summed E-state index contributed by atoms with van der Waals surface area (Å²) in [5.74, 6) is -0.777. The molecule has 2 aromatic rings. The average molecular weight is 502 g/mol. The van der Waals surface area contributed by atoms with Gasteiger partial charge in [-0.2, -0.15) is 0 Å². The number of fused-ring (bicyclic) bond motifs is 1. The molecule has 0 radical (unpaired) electrons. The average Bonchev–Trinajstić information content (AvgIpc) is 3.17. The second-order valence-electron chi connectivity index (χ2n) is 12.0. The van der Waals surface area contributed by atoms with E-state index in [9.17, 15) is 14.4 Å². The van der Waals surface area contributed by atoms with Crippen LogP contribution >= 0.6 is 0 Å². The topological polar surface area (TPSA) is 83.8 Å². The number of hydrogen-bond acceptors (Lipinski definition) is 6. The van der Waals surface area contributed by atoms with E-state index < -0.39 is 31.4 Å². The zero-order valence-corrected chi connectivity index (χ0v) is 23.5. The summed E-state index contributed by atoms with van der Waals surface area (Å²) in [6.07, 6.45) is 1.84. The Bertz CT molecular complexity index is 1130. The van der Waals surface area contributed by atoms with E-state index >= 15 is 0 Å². The molecule has 2 atom stereocenters. The van der Waals surface area contributed by atoms with Crippen molar-refractivity contribution in [2.24, 2.45) is 0 Å². The molecule has 1 aromatic heterocycles. The summed E-state index contributed by atoms with van der Waals surface area (Å²) < 4.78 is 18.9. The molecule has 0 N–H and O–H groups in total. The molecule has 0 spiro atoms. The van der Waals surface area contributed by atoms with Crippen molar-refractivity contribution in [1.29, 1.82) is 0 Å². The van der Waals surface area contributed by atoms with Gasteiger partial charge in [0.15, 0.2) is 19.5 Å². The smallest absolute Gasteiger partial charge is 0.418 e. The SMILES string of the molecule is COC(=O)[C@@]1(c2cccc3c2ccn3C(=O)OC(C)(C)C)C[C@@H](O[Si](C)(C)C(C)(C)C)CCC1=O. The maximum absolute atomic E-state index is 13.6. The normalized spacial score (nSPS) is 21.7. The lowest BCUT2D eigenvalue weighted by molar-refractivity contribution is -0.155. The van der Waals surface area contributed by atoms with Crippen LogP contribution in [-0.4, -0.2) is 49.5 Å². The van der Waals surface area contributed by atoms with Crippen LogP contribution in [0.4, 0.5) is 4.79 Å². The van der Waals surface area contributed by atoms with E-state index in [4.69, 9.17) is 13.9 Å². The first-order chi connectivity index (χ1) is 16.0. The molecule has 1 fully saturated rings. The van der Waals surface area contributed by atoms with E-state index in [2.05, 4.69) is 33.9 Å². The number of ketones is 1. The second-order valence-corrected chi connectivity index (χ2v) is 16.7. The fourth-order valence-electron chi connectivity index (χ4n) is 4.51. The van der Waals surface area contributed by atoms with Gasteiger partial charge in [-0.15, -0.1) is 0 Å². The summed E-state index contributed by atoms with van der Waals surface area (Å²) in [5.41, 5.74) is -1.05. The Hall–Kier alpha value is -2.45. The Morgan fingerprint density at radius 2 is 1.74 bits per heavy atom. The molecule has 1 heterocycles. The van der Waals surface area contributed by atoms with Gasteiger partial charge in [0.1, 0.15) is 5.60 Å². The monoisotopic (exact) mass is 501 g/mol. The van der Waals surface area contributed by atoms with Gasteiger partial charge in [0, 0.05) is 24.1 Å². The van der Waals surface area contributed by atoms with E-state index in [1.807, 2.05) is 0 Å². The van der Waals surface area contributed by atoms with E-state index in [1.54, 1.807) is 51.2 Å². The van der Waals surface area contributed by atoms with Gasteiger partial charge in [0.2, 0.25) is 0 Å². The van der Waals surface area contributed by atoms with Crippen molar-refractivity contribution in [2.75, 3.05) is 7.11 Å². The lowest BCUT2D eigenvalue weighted by atomic mass is 9.66. The molecule has 0 saturated heterocycles. The van der Waals surface area contributed by atoms with E-state index in [0.29, 0.717) is 22.9 Å². The maximum atomic E-state index is 13.6. The summed E-state index contributed by atoms with van der Waals surface area (Å²) >= 11 is 0. The molecule has 1 aliphatic rings. The van der Waals surface area contributed by atoms with Gasteiger partial charge in [-0.3, -0.25) is 14.2 Å². The highest BCUT2D eigenvalue weighted by atomic mass is 28.4. The minimum atomic E-state index is -2.14. The number of methoxy groups -OCH3 is 1. The van der Waals surface area contributed by atoms with Crippen LogP contribution in [0.3, 0.4) is 0 Å². The molecular weight excluding hydrogens is 462 g/mol. The fourth-order valence-corrected chi connectivity index (χ4v) is 5.90. The van der Waals surface area contributed by atoms with Crippen LogP contribution in [0.25, 0.3) is 10.9 Å². The van der Waals surface area contributed by atoms with Crippen LogP contribution < -0.4 is 0 Å². The van der Waals surface area contributed by atoms with Gasteiger partial charge in [-0.1, -0.05) is 32.9 Å². The van der Waals surface area contributed by atoms with Crippen molar-refractivity contribution in [3.63, 3.8) is 0 Å². The number of ether oxygens (including phenoxy) is 2. The highest BCUT2D eigenvalue weighted by molar-refractivity contribution is 6.74. The van der Waals surface area contributed by atoms with Gasteiger partial charge in [-0.05, 0) is 69.4 Å². The summed E-state index contributed by atoms with van der Waals surface area (Å²) in [7, 11) is -0.832. The standard InChI is InChI=1S/C27H39NO6Si/c1-25(2,3)33-24(31)28-16-15-19-20(11-10-12-21(19)28)27(23(30)32-7)17-18(13-14-22(27)29)34-35(8,9)26(4,5)6/h10-12,15-16,18H,13-14,17H2,1-9H3/t18-,27+/m0/s1. The molecule has 35 heavy (non-hydrogen) atoms. The van der Waals surface area contributed by atoms with Crippen molar-refractivity contribution < 1.29 is 28.3 Å². The van der Waals surface area contributed by atoms with Crippen molar-refractivity contribution in [3.8, 4) is 0 Å². The lowest BCUT2D eigenvalue weighted by Crippen LogP contribution is -2.53. The third-order valence-corrected chi connectivity index (χ3v) is 11.8. The molecular formula is C27H39NO6Si. The zero-order valence-electron chi connectivity index (χ0n) is 22.5. The van der Waals surface area contributed by atoms with E-state index in [-0.39, 0.29) is 29.8 Å². The molecule has 0 unspecified atom stereocenters. The number of rotatable bonds is 4. The van der Waals surface area contributed by atoms with Crippen LogP contribution in [-0.2, 0) is 28.9 Å². The van der Waals surface area contributed by atoms with Crippen LogP contribution in [0.2, 0.25) is 18.1 Å². The lowest BCUT2D eigenvalue weighted by Gasteiger charge is -2.44. The van der Waals surface area contributed by atoms with Gasteiger partial charge in [-0.25, -0.2) is 4.79 Å². The largest absolute Gasteiger partial charge is 0.468 e. The number of hydrogen-bond donors (Lipinski definition) is 0. The summed E-state index contributed by atoms with van der Waals surface area (Å²) in [6.45, 7) is 16.3. The maximum Gasteiger partial charge on any atom is 0.418 e. The fraction of sp³-hybridized carbons (Fsp3) is 0.593. The van der Waals surface area contributed by atoms with Gasteiger partial charge in [0.25, 0.3) is 0 Å². The first kappa shape index (κ1) is 27.1. The second kappa shape index (κ2) is 9.21. The first-order valence-electron chi connectivity index (χ1n) is 12.2. The third-order valence-electron chi connectivity index (χ3n) is 7.29. The number of esters is 1. The van der Waals surface area contributed by atoms with Crippen molar-refractivity contribution in [2.45, 2.75) is 96.1 Å². The molecule has 8 heteroatoms. The van der Waals surface area contributed by atoms with Crippen molar-refractivity contribution in [1.82, 2.24) is 4.57 Å². The van der Waals surface area contributed by atoms with Crippen LogP contribution in [0.5, 0.6) is 0 Å². The van der Waals surface area contributed by atoms with Gasteiger partial charge < -0.3 is 13.9 Å². The third kappa shape index (κ3) is 5.09. The quantitative estimate of drug-likeness (QED) is 0.291. The molecule has 0 aliphatic heterocycles. The summed E-state index contributed by atoms with van der Waals surface area (Å²) in [4.78, 5) is 39.8. The molecule has 0 amide bonds. The number of carbonyl (C=O) groups is 3. The van der Waals surface area contributed by atoms with Crippen molar-refractivity contribution >= 4 is 37.1 Å². The van der Waals surface area contributed by atoms with E-state index in [0.717, 1.165) is 0 Å². The van der Waals surface area contributed by atoms with Crippen LogP contribution in [0.1, 0.15) is 66.4 Å². The minimum Gasteiger partial charge on any atom is -0.468 e. The Morgan fingerprint density at radius 1 is 1.09 bits per heavy atom. The molecule has 1 aliphatic carbocycles. The number of nitrogens with zero attached hydrogens (tertiary/aromatic N) is 1. The van der Waals surface area contributed by atoms with Crippen molar-refractivity contribution in [3.05, 3.63) is 36.0 Å². The summed E-state index contributed by atoms with van der Waals surface area (Å²) in [6, 6.07) is 7.08. The predicted molar refractivity (Wildman–Crippen MR) is 138 cm³/mol.